The summed E-state index contributed by atoms with van der Waals surface area (Å²) in [6.45, 7) is 7.92. The molecule has 0 radical (unpaired) electrons. The van der Waals surface area contributed by atoms with Gasteiger partial charge < -0.3 is 9.13 Å². The number of benzene rings is 7. The van der Waals surface area contributed by atoms with Gasteiger partial charge in [0, 0.05) is 38.2 Å². The first-order valence-corrected chi connectivity index (χ1v) is 19.2. The number of aromatic nitrogens is 5. The Balaban J connectivity index is 1.34. The smallest absolute Gasteiger partial charge is 0.309 e. The van der Waals surface area contributed by atoms with E-state index in [1.807, 2.05) is 44.2 Å². The number of aryl methyl sites for hydroxylation is 4. The Morgan fingerprint density at radius 1 is 0.414 bits per heavy atom. The number of rotatable bonds is 5. The molecule has 5 nitrogen and oxygen atoms in total. The van der Waals surface area contributed by atoms with Crippen LogP contribution in [0.3, 0.4) is 0 Å². The second-order valence-corrected chi connectivity index (χ2v) is 15.0. The van der Waals surface area contributed by atoms with Gasteiger partial charge in [0.1, 0.15) is 11.6 Å². The molecule has 0 atom stereocenters. The number of hydrogen-bond acceptors (Lipinski definition) is 3. The zero-order chi connectivity index (χ0) is 39.9. The fraction of sp³-hybridized carbons (Fsp3) is 0.100. The second kappa shape index (κ2) is 13.3. The fourth-order valence-corrected chi connectivity index (χ4v) is 8.52. The van der Waals surface area contributed by atoms with Crippen LogP contribution >= 0.6 is 0 Å². The van der Waals surface area contributed by atoms with Crippen molar-refractivity contribution in [2.75, 3.05) is 0 Å². The summed E-state index contributed by atoms with van der Waals surface area (Å²) in [7, 11) is 0. The predicted molar refractivity (Wildman–Crippen MR) is 229 cm³/mol. The standard InChI is InChI=1S/C50H36F3N5/c1-29-16-21-45-40(24-29)37-12-5-7-14-43(37)57(45)47-23-19-35(49-55-31(3)54-32(4)56-49)27-42(47)39-20-18-34(33-10-9-11-36(26-33)50(51,52)53)28-48(39)58-44-15-8-6-13-38(44)41-25-30(2)17-22-46(41)58/h5-28H,1-4H3. The highest BCUT2D eigenvalue weighted by molar-refractivity contribution is 6.12. The molecule has 0 saturated carbocycles. The molecule has 0 aliphatic carbocycles. The van der Waals surface area contributed by atoms with Crippen molar-refractivity contribution in [2.24, 2.45) is 0 Å². The van der Waals surface area contributed by atoms with E-state index in [1.165, 1.54) is 17.7 Å². The van der Waals surface area contributed by atoms with Crippen LogP contribution in [0.15, 0.2) is 146 Å². The topological polar surface area (TPSA) is 48.5 Å². The Labute approximate surface area is 332 Å². The first kappa shape index (κ1) is 35.4. The minimum absolute atomic E-state index is 0.474. The lowest BCUT2D eigenvalue weighted by Crippen LogP contribution is -2.05. The van der Waals surface area contributed by atoms with E-state index in [-0.39, 0.29) is 0 Å². The molecule has 282 valence electrons. The SMILES string of the molecule is Cc1ccc2c(c1)c1ccccc1n2-c1ccc(-c2nc(C)nc(C)n2)cc1-c1ccc(-c2cccc(C(F)(F)F)c2)cc1-n1c2ccccc2c2cc(C)ccc21. The van der Waals surface area contributed by atoms with E-state index in [0.29, 0.717) is 28.6 Å². The summed E-state index contributed by atoms with van der Waals surface area (Å²) in [5.41, 5.74) is 11.2. The lowest BCUT2D eigenvalue weighted by atomic mass is 9.94. The van der Waals surface area contributed by atoms with E-state index >= 15 is 0 Å². The minimum atomic E-state index is -4.48. The molecular formula is C50H36F3N5. The maximum atomic E-state index is 14.1. The summed E-state index contributed by atoms with van der Waals surface area (Å²) in [6, 6.07) is 47.6. The van der Waals surface area contributed by atoms with E-state index in [4.69, 9.17) is 9.97 Å². The van der Waals surface area contributed by atoms with Gasteiger partial charge in [-0.2, -0.15) is 13.2 Å². The second-order valence-electron chi connectivity index (χ2n) is 15.0. The van der Waals surface area contributed by atoms with Crippen LogP contribution in [-0.4, -0.2) is 24.1 Å². The van der Waals surface area contributed by atoms with Gasteiger partial charge in [-0.1, -0.05) is 83.9 Å². The first-order valence-electron chi connectivity index (χ1n) is 19.2. The first-order chi connectivity index (χ1) is 28.0. The number of alkyl halides is 3. The van der Waals surface area contributed by atoms with Crippen molar-refractivity contribution in [1.29, 1.82) is 0 Å². The quantitative estimate of drug-likeness (QED) is 0.175. The fourth-order valence-electron chi connectivity index (χ4n) is 8.52. The van der Waals surface area contributed by atoms with Crippen molar-refractivity contribution in [3.8, 4) is 45.0 Å². The van der Waals surface area contributed by atoms with E-state index in [2.05, 4.69) is 119 Å². The molecule has 0 aliphatic rings. The molecule has 0 unspecified atom stereocenters. The van der Waals surface area contributed by atoms with Crippen LogP contribution < -0.4 is 0 Å². The zero-order valence-electron chi connectivity index (χ0n) is 32.2. The molecule has 0 fully saturated rings. The molecule has 0 bridgehead atoms. The van der Waals surface area contributed by atoms with Crippen LogP contribution in [-0.2, 0) is 6.18 Å². The lowest BCUT2D eigenvalue weighted by Gasteiger charge is -2.21. The van der Waals surface area contributed by atoms with Crippen molar-refractivity contribution in [2.45, 2.75) is 33.9 Å². The van der Waals surface area contributed by atoms with E-state index in [9.17, 15) is 13.2 Å². The normalized spacial score (nSPS) is 12.1. The average Bonchev–Trinajstić information content (AvgIpc) is 3.71. The Hall–Kier alpha value is -7.06. The van der Waals surface area contributed by atoms with Crippen molar-refractivity contribution >= 4 is 43.6 Å². The molecule has 7 aromatic carbocycles. The Bertz CT molecular complexity index is 3260. The van der Waals surface area contributed by atoms with Gasteiger partial charge in [0.15, 0.2) is 5.82 Å². The molecule has 0 saturated heterocycles. The van der Waals surface area contributed by atoms with Crippen molar-refractivity contribution in [3.05, 3.63) is 174 Å². The molecule has 10 rings (SSSR count). The highest BCUT2D eigenvalue weighted by atomic mass is 19.4. The van der Waals surface area contributed by atoms with Gasteiger partial charge in [0.2, 0.25) is 0 Å². The average molecular weight is 764 g/mol. The third kappa shape index (κ3) is 5.83. The molecule has 10 aromatic rings. The van der Waals surface area contributed by atoms with Crippen LogP contribution in [0.1, 0.15) is 28.3 Å². The van der Waals surface area contributed by atoms with Crippen molar-refractivity contribution < 1.29 is 13.2 Å². The monoisotopic (exact) mass is 763 g/mol. The zero-order valence-corrected chi connectivity index (χ0v) is 32.2. The van der Waals surface area contributed by atoms with Crippen molar-refractivity contribution in [1.82, 2.24) is 24.1 Å². The summed E-state index contributed by atoms with van der Waals surface area (Å²) < 4.78 is 46.8. The molecule has 0 N–H and O–H groups in total. The van der Waals surface area contributed by atoms with Gasteiger partial charge in [0.25, 0.3) is 0 Å². The van der Waals surface area contributed by atoms with Gasteiger partial charge in [-0.05, 0) is 112 Å². The lowest BCUT2D eigenvalue weighted by molar-refractivity contribution is -0.137. The summed E-state index contributed by atoms with van der Waals surface area (Å²) in [5, 5.41) is 4.46. The number of hydrogen-bond donors (Lipinski definition) is 0. The summed E-state index contributed by atoms with van der Waals surface area (Å²) in [4.78, 5) is 14.0. The van der Waals surface area contributed by atoms with Crippen LogP contribution in [0.4, 0.5) is 13.2 Å². The van der Waals surface area contributed by atoms with Gasteiger partial charge >= 0.3 is 6.18 Å². The van der Waals surface area contributed by atoms with Crippen molar-refractivity contribution in [3.63, 3.8) is 0 Å². The molecule has 3 aromatic heterocycles. The van der Waals surface area contributed by atoms with E-state index < -0.39 is 11.7 Å². The van der Waals surface area contributed by atoms with Gasteiger partial charge in [0.05, 0.1) is 39.0 Å². The van der Waals surface area contributed by atoms with E-state index in [0.717, 1.165) is 83.3 Å². The predicted octanol–water partition coefficient (Wildman–Crippen LogP) is 13.3. The third-order valence-corrected chi connectivity index (χ3v) is 11.1. The molecule has 0 spiro atoms. The van der Waals surface area contributed by atoms with Crippen LogP contribution in [0.25, 0.3) is 88.6 Å². The largest absolute Gasteiger partial charge is 0.416 e. The number of para-hydroxylation sites is 2. The molecule has 0 amide bonds. The summed E-state index contributed by atoms with van der Waals surface area (Å²) in [6.07, 6.45) is -4.48. The van der Waals surface area contributed by atoms with Gasteiger partial charge in [-0.3, -0.25) is 0 Å². The minimum Gasteiger partial charge on any atom is -0.309 e. The van der Waals surface area contributed by atoms with Gasteiger partial charge in [-0.15, -0.1) is 0 Å². The number of halogens is 3. The van der Waals surface area contributed by atoms with E-state index in [1.54, 1.807) is 6.07 Å². The molecule has 8 heteroatoms. The Morgan fingerprint density at radius 2 is 0.966 bits per heavy atom. The molecular weight excluding hydrogens is 728 g/mol. The highest BCUT2D eigenvalue weighted by Crippen LogP contribution is 2.44. The number of nitrogens with zero attached hydrogens (tertiary/aromatic N) is 5. The highest BCUT2D eigenvalue weighted by Gasteiger charge is 2.31. The molecule has 58 heavy (non-hydrogen) atoms. The third-order valence-electron chi connectivity index (χ3n) is 11.1. The number of fused-ring (bicyclic) bond motifs is 6. The van der Waals surface area contributed by atoms with Crippen LogP contribution in [0.2, 0.25) is 0 Å². The maximum absolute atomic E-state index is 14.1. The van der Waals surface area contributed by atoms with Crippen LogP contribution in [0, 0.1) is 27.7 Å². The van der Waals surface area contributed by atoms with Crippen LogP contribution in [0.5, 0.6) is 0 Å². The molecule has 3 heterocycles. The van der Waals surface area contributed by atoms with Gasteiger partial charge in [-0.25, -0.2) is 15.0 Å². The maximum Gasteiger partial charge on any atom is 0.416 e. The summed E-state index contributed by atoms with van der Waals surface area (Å²) >= 11 is 0. The Kier molecular flexibility index (Phi) is 8.09. The molecule has 0 aliphatic heterocycles. The Morgan fingerprint density at radius 3 is 1.59 bits per heavy atom. The summed E-state index contributed by atoms with van der Waals surface area (Å²) in [5.74, 6) is 1.81.